The number of para-hydroxylation sites is 1. The van der Waals surface area contributed by atoms with Crippen molar-refractivity contribution in [1.82, 2.24) is 15.6 Å². The molecule has 2 aromatic carbocycles. The van der Waals surface area contributed by atoms with E-state index >= 15 is 0 Å². The fraction of sp³-hybridized carbons (Fsp3) is 0.273. The molecular formula is C22H24F2IN5O. The molecule has 2 heterocycles. The summed E-state index contributed by atoms with van der Waals surface area (Å²) in [6.07, 6.45) is 2.44. The fourth-order valence-corrected chi connectivity index (χ4v) is 3.55. The number of nitrogens with one attached hydrogen (secondary N) is 2. The van der Waals surface area contributed by atoms with Gasteiger partial charge in [0.2, 0.25) is 5.89 Å². The van der Waals surface area contributed by atoms with E-state index in [0.29, 0.717) is 37.2 Å². The molecular weight excluding hydrogens is 515 g/mol. The summed E-state index contributed by atoms with van der Waals surface area (Å²) < 4.78 is 33.9. The van der Waals surface area contributed by atoms with E-state index in [2.05, 4.69) is 20.6 Å². The highest BCUT2D eigenvalue weighted by atomic mass is 127. The molecule has 0 saturated carbocycles. The highest BCUT2D eigenvalue weighted by molar-refractivity contribution is 14.0. The minimum absolute atomic E-state index is 0. The summed E-state index contributed by atoms with van der Waals surface area (Å²) in [6, 6.07) is 13.7. The van der Waals surface area contributed by atoms with Gasteiger partial charge in [0, 0.05) is 31.7 Å². The molecule has 3 aromatic rings. The van der Waals surface area contributed by atoms with Gasteiger partial charge in [-0.1, -0.05) is 36.4 Å². The van der Waals surface area contributed by atoms with E-state index in [1.165, 1.54) is 18.2 Å². The first-order valence-electron chi connectivity index (χ1n) is 9.80. The molecule has 0 radical (unpaired) electrons. The number of guanidine groups is 1. The van der Waals surface area contributed by atoms with Gasteiger partial charge in [-0.15, -0.1) is 24.0 Å². The first-order chi connectivity index (χ1) is 14.6. The normalized spacial score (nSPS) is 16.2. The second kappa shape index (κ2) is 10.6. The summed E-state index contributed by atoms with van der Waals surface area (Å²) in [5, 5.41) is 6.47. The average Bonchev–Trinajstić information content (AvgIpc) is 3.41. The molecule has 0 spiro atoms. The van der Waals surface area contributed by atoms with Crippen LogP contribution >= 0.6 is 24.0 Å². The molecule has 1 fully saturated rings. The third-order valence-electron chi connectivity index (χ3n) is 5.03. The molecule has 1 aliphatic heterocycles. The zero-order chi connectivity index (χ0) is 20.9. The molecule has 164 valence electrons. The fourth-order valence-electron chi connectivity index (χ4n) is 3.55. The molecule has 4 rings (SSSR count). The number of benzene rings is 2. The number of anilines is 1. The van der Waals surface area contributed by atoms with E-state index in [4.69, 9.17) is 4.42 Å². The maximum atomic E-state index is 14.0. The van der Waals surface area contributed by atoms with Crippen LogP contribution in [0.5, 0.6) is 0 Å². The second-order valence-electron chi connectivity index (χ2n) is 7.06. The largest absolute Gasteiger partial charge is 0.439 e. The molecule has 6 nitrogen and oxygen atoms in total. The van der Waals surface area contributed by atoms with Crippen molar-refractivity contribution in [2.45, 2.75) is 19.0 Å². The van der Waals surface area contributed by atoms with E-state index < -0.39 is 11.6 Å². The molecule has 0 bridgehead atoms. The molecule has 31 heavy (non-hydrogen) atoms. The third kappa shape index (κ3) is 5.52. The van der Waals surface area contributed by atoms with Gasteiger partial charge in [0.05, 0.1) is 12.7 Å². The van der Waals surface area contributed by atoms with Gasteiger partial charge in [-0.25, -0.2) is 13.8 Å². The van der Waals surface area contributed by atoms with Crippen LogP contribution in [0.4, 0.5) is 14.5 Å². The van der Waals surface area contributed by atoms with Gasteiger partial charge in [-0.3, -0.25) is 4.99 Å². The van der Waals surface area contributed by atoms with Crippen LogP contribution in [-0.4, -0.2) is 37.1 Å². The zero-order valence-corrected chi connectivity index (χ0v) is 19.3. The highest BCUT2D eigenvalue weighted by Crippen LogP contribution is 2.26. The van der Waals surface area contributed by atoms with Gasteiger partial charge >= 0.3 is 0 Å². The molecule has 2 N–H and O–H groups in total. The molecule has 9 heteroatoms. The van der Waals surface area contributed by atoms with Gasteiger partial charge in [0.1, 0.15) is 17.3 Å². The summed E-state index contributed by atoms with van der Waals surface area (Å²) in [5.74, 6) is 0.731. The molecule has 0 aliphatic carbocycles. The van der Waals surface area contributed by atoms with Gasteiger partial charge in [0.25, 0.3) is 0 Å². The predicted molar refractivity (Wildman–Crippen MR) is 128 cm³/mol. The van der Waals surface area contributed by atoms with Gasteiger partial charge in [0.15, 0.2) is 11.7 Å². The summed E-state index contributed by atoms with van der Waals surface area (Å²) in [7, 11) is 1.67. The average molecular weight is 539 g/mol. The van der Waals surface area contributed by atoms with Crippen LogP contribution < -0.4 is 15.5 Å². The highest BCUT2D eigenvalue weighted by Gasteiger charge is 2.27. The third-order valence-corrected chi connectivity index (χ3v) is 5.03. The summed E-state index contributed by atoms with van der Waals surface area (Å²) in [5.41, 5.74) is 0.989. The summed E-state index contributed by atoms with van der Waals surface area (Å²) in [4.78, 5) is 10.2. The quantitative estimate of drug-likeness (QED) is 0.290. The maximum Gasteiger partial charge on any atom is 0.214 e. The van der Waals surface area contributed by atoms with E-state index in [0.717, 1.165) is 12.0 Å². The topological polar surface area (TPSA) is 65.7 Å². The standard InChI is InChI=1S/C22H23F2N5O.HI/c1-25-22(27-13-20-26-12-19(30-20)15-6-3-2-4-7-15)28-16-10-11-29(14-16)21-17(23)8-5-9-18(21)24;/h2-9,12,16H,10-11,13-14H2,1H3,(H2,25,27,28);1H. The lowest BCUT2D eigenvalue weighted by molar-refractivity contribution is 0.496. The number of halogens is 3. The SMILES string of the molecule is CN=C(NCc1ncc(-c2ccccc2)o1)NC1CCN(c2c(F)cccc2F)C1.I. The Labute approximate surface area is 196 Å². The molecule has 1 saturated heterocycles. The van der Waals surface area contributed by atoms with E-state index in [1.54, 1.807) is 18.1 Å². The van der Waals surface area contributed by atoms with Crippen molar-refractivity contribution in [3.63, 3.8) is 0 Å². The Morgan fingerprint density at radius 2 is 1.90 bits per heavy atom. The minimum atomic E-state index is -0.545. The molecule has 0 amide bonds. The number of nitrogens with zero attached hydrogens (tertiary/aromatic N) is 3. The number of hydrogen-bond donors (Lipinski definition) is 2. The lowest BCUT2D eigenvalue weighted by Gasteiger charge is -2.21. The number of aliphatic imine (C=N–C) groups is 1. The van der Waals surface area contributed by atoms with Crippen LogP contribution in [-0.2, 0) is 6.54 Å². The number of hydrogen-bond acceptors (Lipinski definition) is 4. The van der Waals surface area contributed by atoms with Crippen molar-refractivity contribution >= 4 is 35.6 Å². The number of oxazole rings is 1. The van der Waals surface area contributed by atoms with Crippen molar-refractivity contribution in [3.8, 4) is 11.3 Å². The monoisotopic (exact) mass is 539 g/mol. The van der Waals surface area contributed by atoms with Crippen molar-refractivity contribution in [2.24, 2.45) is 4.99 Å². The zero-order valence-electron chi connectivity index (χ0n) is 17.0. The Kier molecular flexibility index (Phi) is 7.83. The summed E-state index contributed by atoms with van der Waals surface area (Å²) in [6.45, 7) is 1.41. The smallest absolute Gasteiger partial charge is 0.214 e. The van der Waals surface area contributed by atoms with Crippen LogP contribution in [0.3, 0.4) is 0 Å². The Morgan fingerprint density at radius 3 is 2.61 bits per heavy atom. The lowest BCUT2D eigenvalue weighted by Crippen LogP contribution is -2.44. The first kappa shape index (κ1) is 23.0. The van der Waals surface area contributed by atoms with E-state index in [9.17, 15) is 8.78 Å². The Bertz CT molecular complexity index is 1010. The maximum absolute atomic E-state index is 14.0. The van der Waals surface area contributed by atoms with Gasteiger partial charge in [-0.2, -0.15) is 0 Å². The Morgan fingerprint density at radius 1 is 1.16 bits per heavy atom. The van der Waals surface area contributed by atoms with Gasteiger partial charge < -0.3 is 20.0 Å². The number of aromatic nitrogens is 1. The second-order valence-corrected chi connectivity index (χ2v) is 7.06. The van der Waals surface area contributed by atoms with Crippen LogP contribution in [0.25, 0.3) is 11.3 Å². The lowest BCUT2D eigenvalue weighted by atomic mass is 10.2. The van der Waals surface area contributed by atoms with Crippen LogP contribution in [0.1, 0.15) is 12.3 Å². The molecule has 1 aromatic heterocycles. The van der Waals surface area contributed by atoms with Crippen molar-refractivity contribution in [3.05, 3.63) is 72.3 Å². The van der Waals surface area contributed by atoms with E-state index in [1.807, 2.05) is 30.3 Å². The van der Waals surface area contributed by atoms with Crippen molar-refractivity contribution < 1.29 is 13.2 Å². The first-order valence-corrected chi connectivity index (χ1v) is 9.80. The molecule has 1 atom stereocenters. The Hall–Kier alpha value is -2.69. The van der Waals surface area contributed by atoms with E-state index in [-0.39, 0.29) is 35.7 Å². The Balaban J connectivity index is 0.00000272. The minimum Gasteiger partial charge on any atom is -0.439 e. The van der Waals surface area contributed by atoms with Gasteiger partial charge in [-0.05, 0) is 18.6 Å². The molecule has 1 unspecified atom stereocenters. The predicted octanol–water partition coefficient (Wildman–Crippen LogP) is 4.18. The molecule has 1 aliphatic rings. The van der Waals surface area contributed by atoms with Crippen molar-refractivity contribution in [2.75, 3.05) is 25.0 Å². The van der Waals surface area contributed by atoms with Crippen LogP contribution in [0.15, 0.2) is 64.1 Å². The van der Waals surface area contributed by atoms with Crippen LogP contribution in [0.2, 0.25) is 0 Å². The summed E-state index contributed by atoms with van der Waals surface area (Å²) >= 11 is 0. The number of rotatable bonds is 5. The van der Waals surface area contributed by atoms with Crippen LogP contribution in [0, 0.1) is 11.6 Å². The van der Waals surface area contributed by atoms with Crippen molar-refractivity contribution in [1.29, 1.82) is 0 Å².